The second-order valence-corrected chi connectivity index (χ2v) is 26.1. The average Bonchev–Trinajstić information content (AvgIpc) is 3.10. The van der Waals surface area contributed by atoms with E-state index in [0.717, 1.165) is 35.5 Å². The Morgan fingerprint density at radius 2 is 1.32 bits per heavy atom. The highest BCUT2D eigenvalue weighted by atomic mass is 28.4. The number of rotatable bonds is 9. The van der Waals surface area contributed by atoms with E-state index in [1.807, 2.05) is 0 Å². The van der Waals surface area contributed by atoms with E-state index in [0.29, 0.717) is 29.0 Å². The molecular formula is C33H64O2Si2. The minimum Gasteiger partial charge on any atom is -0.415 e. The fraction of sp³-hybridized carbons (Fsp3) is 1.00. The molecule has 4 aliphatic rings. The maximum Gasteiger partial charge on any atom is 0.184 e. The van der Waals surface area contributed by atoms with E-state index < -0.39 is 16.6 Å². The zero-order chi connectivity index (χ0) is 27.4. The molecule has 0 spiro atoms. The third-order valence-corrected chi connectivity index (χ3v) is 13.9. The second kappa shape index (κ2) is 11.0. The Kier molecular flexibility index (Phi) is 8.99. The Balaban J connectivity index is 1.56. The smallest absolute Gasteiger partial charge is 0.184 e. The van der Waals surface area contributed by atoms with Gasteiger partial charge in [-0.3, -0.25) is 0 Å². The molecule has 0 aromatic heterocycles. The summed E-state index contributed by atoms with van der Waals surface area (Å²) < 4.78 is 13.9. The summed E-state index contributed by atoms with van der Waals surface area (Å²) in [6.45, 7) is 27.2. The van der Waals surface area contributed by atoms with Gasteiger partial charge in [0.15, 0.2) is 16.6 Å². The topological polar surface area (TPSA) is 18.5 Å². The molecule has 0 saturated heterocycles. The lowest BCUT2D eigenvalue weighted by atomic mass is 9.43. The van der Waals surface area contributed by atoms with Gasteiger partial charge in [-0.25, -0.2) is 0 Å². The second-order valence-electron chi connectivity index (χ2n) is 17.2. The molecule has 4 saturated carbocycles. The van der Waals surface area contributed by atoms with Gasteiger partial charge < -0.3 is 8.85 Å². The zero-order valence-electron chi connectivity index (χ0n) is 26.8. The highest BCUT2D eigenvalue weighted by molar-refractivity contribution is 6.70. The van der Waals surface area contributed by atoms with Crippen LogP contribution < -0.4 is 0 Å². The molecule has 4 aliphatic carbocycles. The monoisotopic (exact) mass is 548 g/mol. The third-order valence-electron chi connectivity index (χ3n) is 11.8. The van der Waals surface area contributed by atoms with E-state index in [1.165, 1.54) is 70.6 Å². The van der Waals surface area contributed by atoms with Crippen LogP contribution in [0.5, 0.6) is 0 Å². The van der Waals surface area contributed by atoms with Crippen LogP contribution in [0.2, 0.25) is 39.3 Å². The van der Waals surface area contributed by atoms with Crippen molar-refractivity contribution < 1.29 is 8.85 Å². The van der Waals surface area contributed by atoms with Gasteiger partial charge in [-0.05, 0) is 143 Å². The van der Waals surface area contributed by atoms with Crippen molar-refractivity contribution in [2.75, 3.05) is 0 Å². The number of fused-ring (bicyclic) bond motifs is 5. The van der Waals surface area contributed by atoms with Crippen molar-refractivity contribution in [1.82, 2.24) is 0 Å². The lowest BCUT2D eigenvalue weighted by Crippen LogP contribution is -2.60. The van der Waals surface area contributed by atoms with Gasteiger partial charge in [0.1, 0.15) is 0 Å². The summed E-state index contributed by atoms with van der Waals surface area (Å²) in [6.07, 6.45) is 16.3. The van der Waals surface area contributed by atoms with Gasteiger partial charge in [0.05, 0.1) is 0 Å². The first-order chi connectivity index (χ1) is 17.0. The van der Waals surface area contributed by atoms with Crippen LogP contribution in [0.25, 0.3) is 0 Å². The van der Waals surface area contributed by atoms with Crippen LogP contribution in [0.15, 0.2) is 0 Å². The molecule has 4 rings (SSSR count). The minimum atomic E-state index is -1.62. The third kappa shape index (κ3) is 6.48. The molecule has 4 fully saturated rings. The van der Waals surface area contributed by atoms with Crippen LogP contribution in [0.1, 0.15) is 105 Å². The lowest BCUT2D eigenvalue weighted by molar-refractivity contribution is -0.166. The molecule has 0 N–H and O–H groups in total. The minimum absolute atomic E-state index is 0.439. The zero-order valence-corrected chi connectivity index (χ0v) is 28.8. The summed E-state index contributed by atoms with van der Waals surface area (Å²) in [7, 11) is -3.14. The highest BCUT2D eigenvalue weighted by Gasteiger charge is 2.63. The molecule has 2 nitrogen and oxygen atoms in total. The maximum absolute atomic E-state index is 7.17. The van der Waals surface area contributed by atoms with Crippen molar-refractivity contribution in [3.63, 3.8) is 0 Å². The number of hydrogen-bond donors (Lipinski definition) is 0. The van der Waals surface area contributed by atoms with E-state index in [9.17, 15) is 0 Å². The number of hydrogen-bond acceptors (Lipinski definition) is 2. The SMILES string of the molecule is CC(C)CCC[C@@H](C)[C@H]1CC[C@H]2[C@@H]3C[C@@H](O[Si](C)(C)C)[C@H]4C[C@@H](O[Si](C)(C)C)CC[C@]4(C)[C@H]3CC[C@]12C. The Morgan fingerprint density at radius 3 is 1.95 bits per heavy atom. The van der Waals surface area contributed by atoms with E-state index in [1.54, 1.807) is 0 Å². The predicted molar refractivity (Wildman–Crippen MR) is 165 cm³/mol. The van der Waals surface area contributed by atoms with Gasteiger partial charge in [-0.15, -0.1) is 0 Å². The molecule has 0 aromatic carbocycles. The Labute approximate surface area is 234 Å². The van der Waals surface area contributed by atoms with Crippen molar-refractivity contribution >= 4 is 16.6 Å². The molecule has 10 atom stereocenters. The molecule has 0 radical (unpaired) electrons. The van der Waals surface area contributed by atoms with Crippen molar-refractivity contribution in [3.8, 4) is 0 Å². The molecule has 0 bridgehead atoms. The first kappa shape index (κ1) is 30.3. The molecule has 37 heavy (non-hydrogen) atoms. The van der Waals surface area contributed by atoms with Gasteiger partial charge in [0, 0.05) is 12.2 Å². The summed E-state index contributed by atoms with van der Waals surface area (Å²) in [5.74, 6) is 6.06. The Hall–Kier alpha value is 0.354. The van der Waals surface area contributed by atoms with Crippen LogP contribution in [0.4, 0.5) is 0 Å². The average molecular weight is 549 g/mol. The van der Waals surface area contributed by atoms with E-state index in [4.69, 9.17) is 8.85 Å². The van der Waals surface area contributed by atoms with Crippen LogP contribution in [-0.2, 0) is 8.85 Å². The fourth-order valence-electron chi connectivity index (χ4n) is 10.4. The Morgan fingerprint density at radius 1 is 0.703 bits per heavy atom. The molecule has 0 amide bonds. The molecule has 0 aromatic rings. The molecule has 0 aliphatic heterocycles. The van der Waals surface area contributed by atoms with Gasteiger partial charge >= 0.3 is 0 Å². The molecule has 4 heteroatoms. The molecular weight excluding hydrogens is 485 g/mol. The van der Waals surface area contributed by atoms with Gasteiger partial charge in [0.25, 0.3) is 0 Å². The van der Waals surface area contributed by atoms with Crippen molar-refractivity contribution in [2.24, 2.45) is 52.3 Å². The molecule has 216 valence electrons. The highest BCUT2D eigenvalue weighted by Crippen LogP contribution is 2.69. The first-order valence-electron chi connectivity index (χ1n) is 16.4. The van der Waals surface area contributed by atoms with Crippen LogP contribution in [-0.4, -0.2) is 28.8 Å². The summed E-state index contributed by atoms with van der Waals surface area (Å²) >= 11 is 0. The van der Waals surface area contributed by atoms with Gasteiger partial charge in [-0.1, -0.05) is 53.9 Å². The van der Waals surface area contributed by atoms with Gasteiger partial charge in [-0.2, -0.15) is 0 Å². The van der Waals surface area contributed by atoms with Crippen LogP contribution in [0.3, 0.4) is 0 Å². The maximum atomic E-state index is 7.17. The van der Waals surface area contributed by atoms with Crippen molar-refractivity contribution in [1.29, 1.82) is 0 Å². The Bertz CT molecular complexity index is 769. The van der Waals surface area contributed by atoms with Crippen LogP contribution in [0, 0.1) is 52.3 Å². The predicted octanol–water partition coefficient (Wildman–Crippen LogP) is 10.2. The van der Waals surface area contributed by atoms with E-state index in [2.05, 4.69) is 73.9 Å². The quantitative estimate of drug-likeness (QED) is 0.267. The van der Waals surface area contributed by atoms with Crippen LogP contribution >= 0.6 is 0 Å². The van der Waals surface area contributed by atoms with Gasteiger partial charge in [0.2, 0.25) is 0 Å². The first-order valence-corrected chi connectivity index (χ1v) is 23.2. The van der Waals surface area contributed by atoms with E-state index in [-0.39, 0.29) is 0 Å². The summed E-state index contributed by atoms with van der Waals surface area (Å²) in [5, 5.41) is 0. The standard InChI is InChI=1S/C33H64O2Si2/c1-23(2)13-12-14-24(3)27-15-16-28-26-22-31(35-37(9,10)11)30-21-25(34-36(6,7)8)17-19-33(30,5)29(26)18-20-32(27,28)4/h23-31H,12-22H2,1-11H3/t24-,25+,26+,27-,28+,29+,30-,31-,32-,33-/m1/s1. The largest absolute Gasteiger partial charge is 0.415 e. The van der Waals surface area contributed by atoms with E-state index >= 15 is 0 Å². The summed E-state index contributed by atoms with van der Waals surface area (Å²) in [4.78, 5) is 0. The normalized spacial score (nSPS) is 43.3. The van der Waals surface area contributed by atoms with Crippen molar-refractivity contribution in [2.45, 2.75) is 157 Å². The summed E-state index contributed by atoms with van der Waals surface area (Å²) in [6, 6.07) is 0. The molecule has 0 heterocycles. The lowest BCUT2D eigenvalue weighted by Gasteiger charge is -2.63. The summed E-state index contributed by atoms with van der Waals surface area (Å²) in [5.41, 5.74) is 0.998. The fourth-order valence-corrected chi connectivity index (χ4v) is 12.8. The van der Waals surface area contributed by atoms with Crippen molar-refractivity contribution in [3.05, 3.63) is 0 Å². The molecule has 0 unspecified atom stereocenters.